The number of nitrogens with zero attached hydrogens (tertiary/aromatic N) is 1. The maximum atomic E-state index is 11.9. The summed E-state index contributed by atoms with van der Waals surface area (Å²) in [5, 5.41) is 10.8. The number of hydrogen-bond acceptors (Lipinski definition) is 5. The minimum absolute atomic E-state index is 0.0411. The van der Waals surface area contributed by atoms with Gasteiger partial charge in [0.05, 0.1) is 12.3 Å². The van der Waals surface area contributed by atoms with Crippen molar-refractivity contribution in [3.8, 4) is 0 Å². The van der Waals surface area contributed by atoms with Crippen molar-refractivity contribution >= 4 is 52.6 Å². The Morgan fingerprint density at radius 2 is 2.03 bits per heavy atom. The van der Waals surface area contributed by atoms with Gasteiger partial charge in [0.15, 0.2) is 0 Å². The quantitative estimate of drug-likeness (QED) is 0.356. The first-order valence-corrected chi connectivity index (χ1v) is 10.2. The molecule has 0 unspecified atom stereocenters. The van der Waals surface area contributed by atoms with Crippen LogP contribution in [0.5, 0.6) is 0 Å². The third-order valence-electron chi connectivity index (χ3n) is 4.55. The van der Waals surface area contributed by atoms with Crippen LogP contribution in [0, 0.1) is 6.92 Å². The van der Waals surface area contributed by atoms with Crippen molar-refractivity contribution in [3.63, 3.8) is 0 Å². The van der Waals surface area contributed by atoms with Gasteiger partial charge in [-0.1, -0.05) is 29.3 Å². The first kappa shape index (κ1) is 22.1. The molecule has 2 amide bonds. The van der Waals surface area contributed by atoms with Gasteiger partial charge in [0, 0.05) is 40.1 Å². The van der Waals surface area contributed by atoms with E-state index in [1.54, 1.807) is 18.2 Å². The van der Waals surface area contributed by atoms with Gasteiger partial charge in [-0.05, 0) is 55.7 Å². The molecule has 3 N–H and O–H groups in total. The summed E-state index contributed by atoms with van der Waals surface area (Å²) in [4.78, 5) is 23.8. The highest BCUT2D eigenvalue weighted by Crippen LogP contribution is 2.26. The van der Waals surface area contributed by atoms with Crippen molar-refractivity contribution in [1.29, 1.82) is 0 Å². The zero-order valence-electron chi connectivity index (χ0n) is 16.4. The monoisotopic (exact) mass is 448 g/mol. The molecule has 0 aromatic heterocycles. The number of carbonyl (C=O) groups excluding carboxylic acids is 2. The smallest absolute Gasteiger partial charge is 0.329 e. The Hall–Kier alpha value is -2.61. The average Bonchev–Trinajstić information content (AvgIpc) is 3.24. The number of hydrazone groups is 1. The highest BCUT2D eigenvalue weighted by molar-refractivity contribution is 6.35. The van der Waals surface area contributed by atoms with Crippen LogP contribution in [0.1, 0.15) is 24.0 Å². The predicted molar refractivity (Wildman–Crippen MR) is 119 cm³/mol. The molecule has 0 saturated carbocycles. The topological polar surface area (TPSA) is 91.8 Å². The molecule has 2 aromatic carbocycles. The van der Waals surface area contributed by atoms with Gasteiger partial charge in [-0.3, -0.25) is 9.59 Å². The number of amides is 2. The standard InChI is InChI=1S/C21H22Cl2N4O3/c1-13-4-6-16(10-18(13)23)26-19-7-5-15(22)9-14(19)11-25-27-21(29)20(28)24-12-17-3-2-8-30-17/h4-7,9-11,17,26H,2-3,8,12H2,1H3,(H,24,28)(H,27,29)/b25-11-/t17-/m1/s1. The number of benzene rings is 2. The van der Waals surface area contributed by atoms with Gasteiger partial charge >= 0.3 is 11.8 Å². The summed E-state index contributed by atoms with van der Waals surface area (Å²) >= 11 is 12.3. The van der Waals surface area contributed by atoms with Gasteiger partial charge in [-0.2, -0.15) is 5.10 Å². The van der Waals surface area contributed by atoms with E-state index in [1.165, 1.54) is 6.21 Å². The lowest BCUT2D eigenvalue weighted by molar-refractivity contribution is -0.139. The zero-order chi connectivity index (χ0) is 21.5. The number of nitrogens with one attached hydrogen (secondary N) is 3. The highest BCUT2D eigenvalue weighted by Gasteiger charge is 2.19. The minimum atomic E-state index is -0.855. The molecule has 3 rings (SSSR count). The molecule has 1 saturated heterocycles. The second-order valence-corrected chi connectivity index (χ2v) is 7.71. The third kappa shape index (κ3) is 6.19. The van der Waals surface area contributed by atoms with Crippen molar-refractivity contribution in [1.82, 2.24) is 10.7 Å². The zero-order valence-corrected chi connectivity index (χ0v) is 17.9. The van der Waals surface area contributed by atoms with E-state index in [0.29, 0.717) is 34.4 Å². The normalized spacial score (nSPS) is 15.9. The Balaban J connectivity index is 1.61. The Morgan fingerprint density at radius 1 is 1.20 bits per heavy atom. The molecule has 1 atom stereocenters. The lowest BCUT2D eigenvalue weighted by atomic mass is 10.1. The lowest BCUT2D eigenvalue weighted by Crippen LogP contribution is -2.41. The van der Waals surface area contributed by atoms with Crippen molar-refractivity contribution in [2.75, 3.05) is 18.5 Å². The molecule has 0 bridgehead atoms. The van der Waals surface area contributed by atoms with E-state index >= 15 is 0 Å². The number of carbonyl (C=O) groups is 2. The number of anilines is 2. The van der Waals surface area contributed by atoms with E-state index in [9.17, 15) is 9.59 Å². The number of rotatable bonds is 6. The summed E-state index contributed by atoms with van der Waals surface area (Å²) in [7, 11) is 0. The molecule has 7 nitrogen and oxygen atoms in total. The SMILES string of the molecule is Cc1ccc(Nc2ccc(Cl)cc2/C=N\NC(=O)C(=O)NC[C@H]2CCCO2)cc1Cl. The first-order chi connectivity index (χ1) is 14.4. The number of halogens is 2. The van der Waals surface area contributed by atoms with Gasteiger partial charge in [0.25, 0.3) is 0 Å². The van der Waals surface area contributed by atoms with Crippen LogP contribution in [-0.4, -0.2) is 37.3 Å². The fourth-order valence-electron chi connectivity index (χ4n) is 2.88. The van der Waals surface area contributed by atoms with E-state index in [-0.39, 0.29) is 6.10 Å². The summed E-state index contributed by atoms with van der Waals surface area (Å²) in [6, 6.07) is 10.8. The molecule has 0 radical (unpaired) electrons. The van der Waals surface area contributed by atoms with Gasteiger partial charge in [-0.15, -0.1) is 0 Å². The van der Waals surface area contributed by atoms with Crippen molar-refractivity contribution in [3.05, 3.63) is 57.6 Å². The molecular formula is C21H22Cl2N4O3. The van der Waals surface area contributed by atoms with E-state index < -0.39 is 11.8 Å². The highest BCUT2D eigenvalue weighted by atomic mass is 35.5. The van der Waals surface area contributed by atoms with Crippen molar-refractivity contribution < 1.29 is 14.3 Å². The maximum absolute atomic E-state index is 11.9. The van der Waals surface area contributed by atoms with Crippen molar-refractivity contribution in [2.24, 2.45) is 5.10 Å². The van der Waals surface area contributed by atoms with E-state index in [0.717, 1.165) is 24.1 Å². The number of hydrogen-bond donors (Lipinski definition) is 3. The molecule has 158 valence electrons. The van der Waals surface area contributed by atoms with Crippen LogP contribution in [0.2, 0.25) is 10.0 Å². The molecule has 1 aliphatic rings. The van der Waals surface area contributed by atoms with E-state index in [4.69, 9.17) is 27.9 Å². The van der Waals surface area contributed by atoms with E-state index in [2.05, 4.69) is 21.2 Å². The van der Waals surface area contributed by atoms with Crippen LogP contribution >= 0.6 is 23.2 Å². The van der Waals surface area contributed by atoms with Crippen LogP contribution in [0.25, 0.3) is 0 Å². The molecule has 0 spiro atoms. The second kappa shape index (κ2) is 10.4. The van der Waals surface area contributed by atoms with Crippen LogP contribution in [0.4, 0.5) is 11.4 Å². The third-order valence-corrected chi connectivity index (χ3v) is 5.20. The summed E-state index contributed by atoms with van der Waals surface area (Å²) in [5.74, 6) is -1.62. The fourth-order valence-corrected chi connectivity index (χ4v) is 3.24. The van der Waals surface area contributed by atoms with Crippen LogP contribution in [-0.2, 0) is 14.3 Å². The van der Waals surface area contributed by atoms with Gasteiger partial charge in [0.2, 0.25) is 0 Å². The molecule has 30 heavy (non-hydrogen) atoms. The largest absolute Gasteiger partial charge is 0.376 e. The molecule has 1 fully saturated rings. The first-order valence-electron chi connectivity index (χ1n) is 9.48. The van der Waals surface area contributed by atoms with Crippen LogP contribution in [0.3, 0.4) is 0 Å². The van der Waals surface area contributed by atoms with Gasteiger partial charge in [-0.25, -0.2) is 5.43 Å². The fraction of sp³-hybridized carbons (Fsp3) is 0.286. The second-order valence-electron chi connectivity index (χ2n) is 6.86. The Morgan fingerprint density at radius 3 is 2.77 bits per heavy atom. The molecule has 1 heterocycles. The Kier molecular flexibility index (Phi) is 7.68. The van der Waals surface area contributed by atoms with Crippen LogP contribution < -0.4 is 16.1 Å². The predicted octanol–water partition coefficient (Wildman–Crippen LogP) is 3.79. The van der Waals surface area contributed by atoms with Crippen LogP contribution in [0.15, 0.2) is 41.5 Å². The molecular weight excluding hydrogens is 427 g/mol. The molecule has 1 aliphatic heterocycles. The van der Waals surface area contributed by atoms with E-state index in [1.807, 2.05) is 25.1 Å². The molecule has 2 aromatic rings. The summed E-state index contributed by atoms with van der Waals surface area (Å²) < 4.78 is 5.41. The molecule has 0 aliphatic carbocycles. The Labute approximate surface area is 184 Å². The number of ether oxygens (including phenoxy) is 1. The molecule has 9 heteroatoms. The average molecular weight is 449 g/mol. The summed E-state index contributed by atoms with van der Waals surface area (Å²) in [5.41, 5.74) is 5.32. The Bertz CT molecular complexity index is 959. The van der Waals surface area contributed by atoms with Gasteiger partial charge in [0.1, 0.15) is 0 Å². The summed E-state index contributed by atoms with van der Waals surface area (Å²) in [6.07, 6.45) is 3.20. The van der Waals surface area contributed by atoms with Crippen molar-refractivity contribution in [2.45, 2.75) is 25.9 Å². The lowest BCUT2D eigenvalue weighted by Gasteiger charge is -2.11. The minimum Gasteiger partial charge on any atom is -0.376 e. The summed E-state index contributed by atoms with van der Waals surface area (Å²) in [6.45, 7) is 2.91. The maximum Gasteiger partial charge on any atom is 0.329 e. The number of aryl methyl sites for hydroxylation is 1. The van der Waals surface area contributed by atoms with Gasteiger partial charge < -0.3 is 15.4 Å².